The van der Waals surface area contributed by atoms with Crippen LogP contribution in [0.25, 0.3) is 0 Å². The number of nitrogens with zero attached hydrogens (tertiary/aromatic N) is 2. The first kappa shape index (κ1) is 19.5. The quantitative estimate of drug-likeness (QED) is 0.816. The topological polar surface area (TPSA) is 83.7 Å². The Balaban J connectivity index is 1.44. The predicted molar refractivity (Wildman–Crippen MR) is 104 cm³/mol. The molecule has 1 heterocycles. The summed E-state index contributed by atoms with van der Waals surface area (Å²) < 4.78 is 22.5. The van der Waals surface area contributed by atoms with Crippen LogP contribution < -0.4 is 5.14 Å². The Hall–Kier alpha value is -2.22. The van der Waals surface area contributed by atoms with Gasteiger partial charge in [-0.15, -0.1) is 0 Å². The molecule has 0 spiro atoms. The molecule has 6 nitrogen and oxygen atoms in total. The SMILES string of the molecule is NS(=O)(=O)c1ccc(CCC(=O)N2CCN(Cc3ccccc3)CC2)cc1. The molecule has 0 atom stereocenters. The summed E-state index contributed by atoms with van der Waals surface area (Å²) in [6, 6.07) is 16.7. The van der Waals surface area contributed by atoms with E-state index in [1.165, 1.54) is 17.7 Å². The standard InChI is InChI=1S/C20H25N3O3S/c21-27(25,26)19-9-6-17(7-10-19)8-11-20(24)23-14-12-22(13-15-23)16-18-4-2-1-3-5-18/h1-7,9-10H,8,11-16H2,(H2,21,25,26). The van der Waals surface area contributed by atoms with Crippen LogP contribution in [0.1, 0.15) is 17.5 Å². The van der Waals surface area contributed by atoms with E-state index >= 15 is 0 Å². The van der Waals surface area contributed by atoms with Gasteiger partial charge in [0.1, 0.15) is 0 Å². The number of amides is 1. The summed E-state index contributed by atoms with van der Waals surface area (Å²) in [7, 11) is -3.68. The van der Waals surface area contributed by atoms with Gasteiger partial charge in [0.25, 0.3) is 0 Å². The molecule has 2 aromatic rings. The zero-order chi connectivity index (χ0) is 19.3. The lowest BCUT2D eigenvalue weighted by Crippen LogP contribution is -2.48. The van der Waals surface area contributed by atoms with Crippen molar-refractivity contribution in [2.45, 2.75) is 24.3 Å². The maximum atomic E-state index is 12.5. The zero-order valence-electron chi connectivity index (χ0n) is 15.3. The molecule has 1 aliphatic heterocycles. The second kappa shape index (κ2) is 8.65. The monoisotopic (exact) mass is 387 g/mol. The van der Waals surface area contributed by atoms with Crippen molar-refractivity contribution >= 4 is 15.9 Å². The van der Waals surface area contributed by atoms with Gasteiger partial charge < -0.3 is 4.90 Å². The van der Waals surface area contributed by atoms with Crippen molar-refractivity contribution < 1.29 is 13.2 Å². The van der Waals surface area contributed by atoms with Crippen LogP contribution in [-0.4, -0.2) is 50.3 Å². The summed E-state index contributed by atoms with van der Waals surface area (Å²) >= 11 is 0. The Bertz CT molecular complexity index is 859. The predicted octanol–water partition coefficient (Wildman–Crippen LogP) is 1.61. The maximum absolute atomic E-state index is 12.5. The van der Waals surface area contributed by atoms with E-state index in [2.05, 4.69) is 17.0 Å². The molecule has 27 heavy (non-hydrogen) atoms. The van der Waals surface area contributed by atoms with E-state index in [0.29, 0.717) is 12.8 Å². The number of aryl methyl sites for hydroxylation is 1. The molecule has 144 valence electrons. The molecular formula is C20H25N3O3S. The second-order valence-corrected chi connectivity index (χ2v) is 8.39. The molecule has 0 aliphatic carbocycles. The largest absolute Gasteiger partial charge is 0.340 e. The van der Waals surface area contributed by atoms with Gasteiger partial charge >= 0.3 is 0 Å². The fourth-order valence-corrected chi connectivity index (χ4v) is 3.77. The van der Waals surface area contributed by atoms with E-state index < -0.39 is 10.0 Å². The molecule has 2 N–H and O–H groups in total. The van der Waals surface area contributed by atoms with Gasteiger partial charge in [-0.05, 0) is 29.7 Å². The minimum absolute atomic E-state index is 0.0899. The number of nitrogens with two attached hydrogens (primary N) is 1. The summed E-state index contributed by atoms with van der Waals surface area (Å²) in [6.45, 7) is 4.17. The van der Waals surface area contributed by atoms with Crippen LogP contribution in [0.4, 0.5) is 0 Å². The third kappa shape index (κ3) is 5.63. The van der Waals surface area contributed by atoms with Crippen molar-refractivity contribution in [1.29, 1.82) is 0 Å². The first-order valence-corrected chi connectivity index (χ1v) is 10.6. The van der Waals surface area contributed by atoms with Crippen LogP contribution in [0.15, 0.2) is 59.5 Å². The fraction of sp³-hybridized carbons (Fsp3) is 0.350. The van der Waals surface area contributed by atoms with Crippen molar-refractivity contribution in [3.05, 3.63) is 65.7 Å². The number of sulfonamides is 1. The minimum atomic E-state index is -3.68. The van der Waals surface area contributed by atoms with E-state index in [0.717, 1.165) is 38.3 Å². The summed E-state index contributed by atoms with van der Waals surface area (Å²) in [5.41, 5.74) is 2.22. The molecule has 1 saturated heterocycles. The highest BCUT2D eigenvalue weighted by Crippen LogP contribution is 2.13. The summed E-state index contributed by atoms with van der Waals surface area (Å²) in [5, 5.41) is 5.09. The highest BCUT2D eigenvalue weighted by molar-refractivity contribution is 7.89. The Morgan fingerprint density at radius 2 is 1.52 bits per heavy atom. The normalized spacial score (nSPS) is 15.7. The zero-order valence-corrected chi connectivity index (χ0v) is 16.1. The van der Waals surface area contributed by atoms with Gasteiger partial charge in [0.15, 0.2) is 0 Å². The first-order chi connectivity index (χ1) is 12.9. The van der Waals surface area contributed by atoms with Crippen molar-refractivity contribution in [2.75, 3.05) is 26.2 Å². The lowest BCUT2D eigenvalue weighted by Gasteiger charge is -2.34. The van der Waals surface area contributed by atoms with Gasteiger partial charge in [-0.2, -0.15) is 0 Å². The van der Waals surface area contributed by atoms with Gasteiger partial charge in [0.2, 0.25) is 15.9 Å². The van der Waals surface area contributed by atoms with Gasteiger partial charge in [-0.25, -0.2) is 13.6 Å². The van der Waals surface area contributed by atoms with Crippen LogP contribution in [0.5, 0.6) is 0 Å². The lowest BCUT2D eigenvalue weighted by atomic mass is 10.1. The molecule has 0 saturated carbocycles. The molecule has 3 rings (SSSR count). The van der Waals surface area contributed by atoms with Crippen molar-refractivity contribution in [3.8, 4) is 0 Å². The third-order valence-electron chi connectivity index (χ3n) is 4.85. The summed E-state index contributed by atoms with van der Waals surface area (Å²) in [4.78, 5) is 16.8. The number of carbonyl (C=O) groups is 1. The number of benzene rings is 2. The molecule has 1 fully saturated rings. The van der Waals surface area contributed by atoms with Gasteiger partial charge in [0.05, 0.1) is 4.90 Å². The van der Waals surface area contributed by atoms with Crippen LogP contribution in [0, 0.1) is 0 Å². The number of hydrogen-bond donors (Lipinski definition) is 1. The van der Waals surface area contributed by atoms with Gasteiger partial charge in [0, 0.05) is 39.1 Å². The molecule has 1 aliphatic rings. The average molecular weight is 388 g/mol. The highest BCUT2D eigenvalue weighted by Gasteiger charge is 2.20. The second-order valence-electron chi connectivity index (χ2n) is 6.83. The molecule has 7 heteroatoms. The number of hydrogen-bond acceptors (Lipinski definition) is 4. The third-order valence-corrected chi connectivity index (χ3v) is 5.78. The Morgan fingerprint density at radius 3 is 2.11 bits per heavy atom. The summed E-state index contributed by atoms with van der Waals surface area (Å²) in [6.07, 6.45) is 1.02. The molecule has 1 amide bonds. The van der Waals surface area contributed by atoms with Crippen LogP contribution in [-0.2, 0) is 27.8 Å². The number of primary sulfonamides is 1. The van der Waals surface area contributed by atoms with E-state index in [4.69, 9.17) is 5.14 Å². The Kier molecular flexibility index (Phi) is 6.26. The summed E-state index contributed by atoms with van der Waals surface area (Å²) in [5.74, 6) is 0.143. The van der Waals surface area contributed by atoms with Crippen molar-refractivity contribution in [1.82, 2.24) is 9.80 Å². The Labute approximate surface area is 160 Å². The number of piperazine rings is 1. The molecule has 2 aromatic carbocycles. The number of rotatable bonds is 6. The fourth-order valence-electron chi connectivity index (χ4n) is 3.25. The molecule has 0 aromatic heterocycles. The number of carbonyl (C=O) groups excluding carboxylic acids is 1. The molecular weight excluding hydrogens is 362 g/mol. The smallest absolute Gasteiger partial charge is 0.238 e. The maximum Gasteiger partial charge on any atom is 0.238 e. The van der Waals surface area contributed by atoms with E-state index in [1.54, 1.807) is 12.1 Å². The Morgan fingerprint density at radius 1 is 0.889 bits per heavy atom. The van der Waals surface area contributed by atoms with Gasteiger partial charge in [-0.3, -0.25) is 9.69 Å². The van der Waals surface area contributed by atoms with Crippen molar-refractivity contribution in [3.63, 3.8) is 0 Å². The molecule has 0 radical (unpaired) electrons. The average Bonchev–Trinajstić information content (AvgIpc) is 2.67. The van der Waals surface area contributed by atoms with Crippen LogP contribution in [0.3, 0.4) is 0 Å². The van der Waals surface area contributed by atoms with Gasteiger partial charge in [-0.1, -0.05) is 42.5 Å². The van der Waals surface area contributed by atoms with Crippen LogP contribution in [0.2, 0.25) is 0 Å². The molecule has 0 unspecified atom stereocenters. The highest BCUT2D eigenvalue weighted by atomic mass is 32.2. The first-order valence-electron chi connectivity index (χ1n) is 9.07. The van der Waals surface area contributed by atoms with Crippen molar-refractivity contribution in [2.24, 2.45) is 5.14 Å². The van der Waals surface area contributed by atoms with Crippen LogP contribution >= 0.6 is 0 Å². The van der Waals surface area contributed by atoms with E-state index in [9.17, 15) is 13.2 Å². The van der Waals surface area contributed by atoms with E-state index in [1.807, 2.05) is 23.1 Å². The molecule has 0 bridgehead atoms. The minimum Gasteiger partial charge on any atom is -0.340 e. The lowest BCUT2D eigenvalue weighted by molar-refractivity contribution is -0.133. The van der Waals surface area contributed by atoms with E-state index in [-0.39, 0.29) is 10.8 Å².